The molecule has 0 aromatic heterocycles. The van der Waals surface area contributed by atoms with E-state index in [2.05, 4.69) is 5.32 Å². The van der Waals surface area contributed by atoms with E-state index >= 15 is 0 Å². The molecule has 0 unspecified atom stereocenters. The number of hydrogen-bond acceptors (Lipinski definition) is 4. The van der Waals surface area contributed by atoms with Crippen LogP contribution in [0.3, 0.4) is 0 Å². The van der Waals surface area contributed by atoms with Gasteiger partial charge in [-0.1, -0.05) is 0 Å². The van der Waals surface area contributed by atoms with Crippen molar-refractivity contribution in [1.82, 2.24) is 10.2 Å². The number of nitrogens with one attached hydrogen (secondary N) is 1. The summed E-state index contributed by atoms with van der Waals surface area (Å²) < 4.78 is 5.34. The highest BCUT2D eigenvalue weighted by atomic mass is 16.6. The predicted octanol–water partition coefficient (Wildman–Crippen LogP) is 0.708. The van der Waals surface area contributed by atoms with Crippen LogP contribution in [0.25, 0.3) is 0 Å². The van der Waals surface area contributed by atoms with Gasteiger partial charge in [-0.3, -0.25) is 4.79 Å². The zero-order valence-electron chi connectivity index (χ0n) is 12.1. The van der Waals surface area contributed by atoms with Crippen LogP contribution < -0.4 is 11.1 Å². The van der Waals surface area contributed by atoms with Gasteiger partial charge in [0.15, 0.2) is 0 Å². The summed E-state index contributed by atoms with van der Waals surface area (Å²) in [5.41, 5.74) is 4.61. The van der Waals surface area contributed by atoms with Crippen molar-refractivity contribution in [2.75, 3.05) is 26.2 Å². The van der Waals surface area contributed by atoms with Crippen molar-refractivity contribution >= 4 is 12.0 Å². The fourth-order valence-electron chi connectivity index (χ4n) is 2.05. The van der Waals surface area contributed by atoms with Gasteiger partial charge in [-0.05, 0) is 46.1 Å². The van der Waals surface area contributed by atoms with E-state index in [9.17, 15) is 9.59 Å². The quantitative estimate of drug-likeness (QED) is 0.788. The van der Waals surface area contributed by atoms with Gasteiger partial charge in [0.2, 0.25) is 5.91 Å². The molecular formula is C13H25N3O3. The van der Waals surface area contributed by atoms with E-state index in [-0.39, 0.29) is 18.5 Å². The molecule has 6 nitrogen and oxygen atoms in total. The lowest BCUT2D eigenvalue weighted by Gasteiger charge is -2.33. The molecule has 0 bridgehead atoms. The van der Waals surface area contributed by atoms with Gasteiger partial charge in [-0.15, -0.1) is 0 Å². The third kappa shape index (κ3) is 6.42. The summed E-state index contributed by atoms with van der Waals surface area (Å²) in [5, 5.41) is 3.03. The molecule has 2 amide bonds. The number of hydrogen-bond donors (Lipinski definition) is 2. The topological polar surface area (TPSA) is 84.7 Å². The van der Waals surface area contributed by atoms with Crippen LogP contribution in [0, 0.1) is 5.92 Å². The molecule has 19 heavy (non-hydrogen) atoms. The molecule has 6 heteroatoms. The summed E-state index contributed by atoms with van der Waals surface area (Å²) in [4.78, 5) is 24.2. The van der Waals surface area contributed by atoms with Crippen LogP contribution in [0.15, 0.2) is 0 Å². The van der Waals surface area contributed by atoms with Gasteiger partial charge in [-0.25, -0.2) is 4.79 Å². The molecule has 0 aromatic rings. The smallest absolute Gasteiger partial charge is 0.410 e. The molecule has 1 rings (SSSR count). The second-order valence-electron chi connectivity index (χ2n) is 6.01. The van der Waals surface area contributed by atoms with Crippen LogP contribution in [-0.2, 0) is 9.53 Å². The van der Waals surface area contributed by atoms with Crippen molar-refractivity contribution < 1.29 is 14.3 Å². The van der Waals surface area contributed by atoms with Gasteiger partial charge in [0.25, 0.3) is 0 Å². The largest absolute Gasteiger partial charge is 0.444 e. The fourth-order valence-corrected chi connectivity index (χ4v) is 2.05. The molecule has 0 saturated carbocycles. The highest BCUT2D eigenvalue weighted by Crippen LogP contribution is 2.18. The van der Waals surface area contributed by atoms with Crippen LogP contribution in [0.4, 0.5) is 4.79 Å². The Morgan fingerprint density at radius 1 is 1.32 bits per heavy atom. The maximum atomic E-state index is 11.9. The Hall–Kier alpha value is -1.30. The van der Waals surface area contributed by atoms with Crippen molar-refractivity contribution in [3.8, 4) is 0 Å². The predicted molar refractivity (Wildman–Crippen MR) is 72.6 cm³/mol. The van der Waals surface area contributed by atoms with Crippen LogP contribution in [-0.4, -0.2) is 48.7 Å². The summed E-state index contributed by atoms with van der Waals surface area (Å²) in [7, 11) is 0. The minimum absolute atomic E-state index is 0.215. The van der Waals surface area contributed by atoms with Crippen molar-refractivity contribution in [2.24, 2.45) is 11.7 Å². The highest BCUT2D eigenvalue weighted by Gasteiger charge is 2.26. The van der Waals surface area contributed by atoms with Crippen LogP contribution in [0.5, 0.6) is 0 Å². The highest BCUT2D eigenvalue weighted by molar-refractivity contribution is 5.75. The fraction of sp³-hybridized carbons (Fsp3) is 0.846. The number of rotatable bonds is 4. The first-order valence-electron chi connectivity index (χ1n) is 6.75. The number of primary amides is 1. The molecule has 1 aliphatic heterocycles. The second kappa shape index (κ2) is 6.75. The van der Waals surface area contributed by atoms with Gasteiger partial charge in [0.1, 0.15) is 5.60 Å². The first kappa shape index (κ1) is 15.8. The summed E-state index contributed by atoms with van der Waals surface area (Å²) in [5.74, 6) is 0.143. The standard InChI is InChI=1S/C13H25N3O3/c1-13(2,3)19-12(18)16-6-4-10(5-7-16)8-15-9-11(14)17/h10,15H,4-9H2,1-3H3,(H2,14,17). The summed E-state index contributed by atoms with van der Waals surface area (Å²) in [6.45, 7) is 8.00. The van der Waals surface area contributed by atoms with Crippen molar-refractivity contribution in [3.05, 3.63) is 0 Å². The van der Waals surface area contributed by atoms with E-state index in [0.29, 0.717) is 19.0 Å². The summed E-state index contributed by atoms with van der Waals surface area (Å²) in [6, 6.07) is 0. The number of amides is 2. The van der Waals surface area contributed by atoms with Crippen LogP contribution in [0.1, 0.15) is 33.6 Å². The Morgan fingerprint density at radius 2 is 1.89 bits per heavy atom. The van der Waals surface area contributed by atoms with Crippen LogP contribution in [0.2, 0.25) is 0 Å². The molecular weight excluding hydrogens is 246 g/mol. The number of piperidine rings is 1. The Kier molecular flexibility index (Phi) is 5.60. The minimum Gasteiger partial charge on any atom is -0.444 e. The second-order valence-corrected chi connectivity index (χ2v) is 6.01. The third-order valence-electron chi connectivity index (χ3n) is 3.00. The maximum absolute atomic E-state index is 11.9. The molecule has 1 saturated heterocycles. The molecule has 1 fully saturated rings. The monoisotopic (exact) mass is 271 g/mol. The Balaban J connectivity index is 2.25. The summed E-state index contributed by atoms with van der Waals surface area (Å²) >= 11 is 0. The molecule has 110 valence electrons. The van der Waals surface area contributed by atoms with E-state index in [1.807, 2.05) is 20.8 Å². The Labute approximate surface area is 114 Å². The first-order chi connectivity index (χ1) is 8.78. The summed E-state index contributed by atoms with van der Waals surface area (Å²) in [6.07, 6.45) is 1.60. The molecule has 0 aromatic carbocycles. The SMILES string of the molecule is CC(C)(C)OC(=O)N1CCC(CNCC(N)=O)CC1. The van der Waals surface area contributed by atoms with Gasteiger partial charge in [-0.2, -0.15) is 0 Å². The average Bonchev–Trinajstić information content (AvgIpc) is 2.27. The zero-order chi connectivity index (χ0) is 14.5. The molecule has 0 atom stereocenters. The van der Waals surface area contributed by atoms with E-state index in [1.54, 1.807) is 4.90 Å². The number of likely N-dealkylation sites (tertiary alicyclic amines) is 1. The van der Waals surface area contributed by atoms with Gasteiger partial charge < -0.3 is 20.7 Å². The van der Waals surface area contributed by atoms with Gasteiger partial charge in [0, 0.05) is 13.1 Å². The van der Waals surface area contributed by atoms with E-state index in [1.165, 1.54) is 0 Å². The molecule has 0 aliphatic carbocycles. The Bertz CT molecular complexity index is 318. The van der Waals surface area contributed by atoms with Crippen molar-refractivity contribution in [1.29, 1.82) is 0 Å². The third-order valence-corrected chi connectivity index (χ3v) is 3.00. The maximum Gasteiger partial charge on any atom is 0.410 e. The number of carbonyl (C=O) groups is 2. The average molecular weight is 271 g/mol. The zero-order valence-corrected chi connectivity index (χ0v) is 12.1. The number of carbonyl (C=O) groups excluding carboxylic acids is 2. The minimum atomic E-state index is -0.447. The molecule has 0 spiro atoms. The lowest BCUT2D eigenvalue weighted by atomic mass is 9.97. The number of ether oxygens (including phenoxy) is 1. The number of nitrogens with zero attached hydrogens (tertiary/aromatic N) is 1. The van der Waals surface area contributed by atoms with Crippen molar-refractivity contribution in [3.63, 3.8) is 0 Å². The normalized spacial score (nSPS) is 17.3. The van der Waals surface area contributed by atoms with Crippen LogP contribution >= 0.6 is 0 Å². The lowest BCUT2D eigenvalue weighted by molar-refractivity contribution is -0.117. The van der Waals surface area contributed by atoms with E-state index < -0.39 is 5.60 Å². The van der Waals surface area contributed by atoms with Crippen molar-refractivity contribution in [2.45, 2.75) is 39.2 Å². The van der Waals surface area contributed by atoms with E-state index in [0.717, 1.165) is 19.4 Å². The Morgan fingerprint density at radius 3 is 2.37 bits per heavy atom. The molecule has 0 radical (unpaired) electrons. The molecule has 1 heterocycles. The molecule has 1 aliphatic rings. The lowest BCUT2D eigenvalue weighted by Crippen LogP contribution is -2.43. The van der Waals surface area contributed by atoms with E-state index in [4.69, 9.17) is 10.5 Å². The number of nitrogens with two attached hydrogens (primary N) is 1. The van der Waals surface area contributed by atoms with Gasteiger partial charge >= 0.3 is 6.09 Å². The van der Waals surface area contributed by atoms with Gasteiger partial charge in [0.05, 0.1) is 6.54 Å². The molecule has 3 N–H and O–H groups in total. The first-order valence-corrected chi connectivity index (χ1v) is 6.75.